The fourth-order valence-electron chi connectivity index (χ4n) is 2.89. The molecule has 1 aromatic heterocycles. The first-order valence-corrected chi connectivity index (χ1v) is 9.21. The molecule has 26 heavy (non-hydrogen) atoms. The summed E-state index contributed by atoms with van der Waals surface area (Å²) in [5.41, 5.74) is 3.51. The van der Waals surface area contributed by atoms with Gasteiger partial charge in [-0.2, -0.15) is 4.99 Å². The maximum atomic E-state index is 12.7. The van der Waals surface area contributed by atoms with Crippen molar-refractivity contribution in [3.8, 4) is 18.1 Å². The molecule has 0 spiro atoms. The number of hydrogen-bond acceptors (Lipinski definition) is 3. The third-order valence-corrected chi connectivity index (χ3v) is 5.07. The highest BCUT2D eigenvalue weighted by molar-refractivity contribution is 7.16. The maximum Gasteiger partial charge on any atom is 0.279 e. The fraction of sp³-hybridized carbons (Fsp3) is 0.238. The first kappa shape index (κ1) is 18.0. The Morgan fingerprint density at radius 2 is 2.12 bits per heavy atom. The van der Waals surface area contributed by atoms with Crippen molar-refractivity contribution in [2.24, 2.45) is 4.99 Å². The van der Waals surface area contributed by atoms with E-state index in [2.05, 4.69) is 10.9 Å². The van der Waals surface area contributed by atoms with E-state index < -0.39 is 0 Å². The Hall–Kier alpha value is -2.84. The summed E-state index contributed by atoms with van der Waals surface area (Å²) in [5.74, 6) is 3.13. The lowest BCUT2D eigenvalue weighted by atomic mass is 10.1. The number of rotatable bonds is 4. The van der Waals surface area contributed by atoms with Gasteiger partial charge < -0.3 is 9.30 Å². The second kappa shape index (κ2) is 7.59. The summed E-state index contributed by atoms with van der Waals surface area (Å²) in [7, 11) is 0. The molecule has 0 aliphatic rings. The first-order valence-electron chi connectivity index (χ1n) is 8.40. The van der Waals surface area contributed by atoms with Crippen LogP contribution in [0.1, 0.15) is 28.4 Å². The summed E-state index contributed by atoms with van der Waals surface area (Å²) in [6, 6.07) is 11.5. The highest BCUT2D eigenvalue weighted by Gasteiger charge is 2.13. The van der Waals surface area contributed by atoms with Crippen molar-refractivity contribution in [3.05, 3.63) is 57.9 Å². The van der Waals surface area contributed by atoms with E-state index in [9.17, 15) is 4.79 Å². The maximum absolute atomic E-state index is 12.7. The lowest BCUT2D eigenvalue weighted by molar-refractivity contribution is 0.0997. The molecule has 0 aliphatic heterocycles. The van der Waals surface area contributed by atoms with Crippen LogP contribution >= 0.6 is 11.3 Å². The van der Waals surface area contributed by atoms with Gasteiger partial charge in [-0.3, -0.25) is 4.79 Å². The average molecular weight is 364 g/mol. The molecule has 0 N–H and O–H groups in total. The molecule has 0 saturated carbocycles. The van der Waals surface area contributed by atoms with Gasteiger partial charge in [0.25, 0.3) is 5.91 Å². The number of fused-ring (bicyclic) bond motifs is 1. The lowest BCUT2D eigenvalue weighted by Gasteiger charge is -2.07. The van der Waals surface area contributed by atoms with Gasteiger partial charge in [-0.15, -0.1) is 6.42 Å². The van der Waals surface area contributed by atoms with Gasteiger partial charge in [0.1, 0.15) is 11.3 Å². The Morgan fingerprint density at radius 1 is 1.31 bits per heavy atom. The summed E-state index contributed by atoms with van der Waals surface area (Å²) >= 11 is 1.44. The second-order valence-electron chi connectivity index (χ2n) is 5.95. The molecule has 1 amide bonds. The molecule has 5 heteroatoms. The van der Waals surface area contributed by atoms with Gasteiger partial charge in [0.15, 0.2) is 4.80 Å². The lowest BCUT2D eigenvalue weighted by Crippen LogP contribution is -2.17. The van der Waals surface area contributed by atoms with E-state index in [1.165, 1.54) is 11.3 Å². The molecular formula is C21H20N2O2S. The molecular weight excluding hydrogens is 344 g/mol. The predicted octanol–water partition coefficient (Wildman–Crippen LogP) is 4.09. The van der Waals surface area contributed by atoms with Crippen molar-refractivity contribution in [1.82, 2.24) is 4.57 Å². The van der Waals surface area contributed by atoms with E-state index in [0.29, 0.717) is 23.5 Å². The van der Waals surface area contributed by atoms with Crippen LogP contribution in [0.4, 0.5) is 0 Å². The van der Waals surface area contributed by atoms with Crippen LogP contribution < -0.4 is 9.54 Å². The summed E-state index contributed by atoms with van der Waals surface area (Å²) in [5, 5.41) is 0. The van der Waals surface area contributed by atoms with Gasteiger partial charge in [-0.05, 0) is 44.5 Å². The number of carbonyl (C=O) groups excluding carboxylic acids is 1. The third kappa shape index (κ3) is 3.42. The van der Waals surface area contributed by atoms with E-state index in [4.69, 9.17) is 11.2 Å². The van der Waals surface area contributed by atoms with Crippen molar-refractivity contribution in [3.63, 3.8) is 0 Å². The van der Waals surface area contributed by atoms with Crippen LogP contribution in [0.5, 0.6) is 5.75 Å². The zero-order valence-electron chi connectivity index (χ0n) is 15.1. The summed E-state index contributed by atoms with van der Waals surface area (Å²) in [6.45, 7) is 6.73. The van der Waals surface area contributed by atoms with Gasteiger partial charge in [0, 0.05) is 5.56 Å². The Balaban J connectivity index is 2.19. The highest BCUT2D eigenvalue weighted by Crippen LogP contribution is 2.27. The zero-order chi connectivity index (χ0) is 18.7. The highest BCUT2D eigenvalue weighted by atomic mass is 32.1. The van der Waals surface area contributed by atoms with Gasteiger partial charge >= 0.3 is 0 Å². The first-order chi connectivity index (χ1) is 12.5. The Labute approximate surface area is 156 Å². The van der Waals surface area contributed by atoms with Gasteiger partial charge in [0.05, 0.1) is 17.9 Å². The molecule has 1 heterocycles. The number of ether oxygens (including phenoxy) is 1. The molecule has 0 atom stereocenters. The van der Waals surface area contributed by atoms with E-state index in [-0.39, 0.29) is 5.91 Å². The summed E-state index contributed by atoms with van der Waals surface area (Å²) in [6.07, 6.45) is 5.55. The van der Waals surface area contributed by atoms with Crippen LogP contribution in [0.2, 0.25) is 0 Å². The number of aryl methyl sites for hydroxylation is 2. The van der Waals surface area contributed by atoms with Crippen LogP contribution in [0.15, 0.2) is 41.4 Å². The quantitative estimate of drug-likeness (QED) is 0.655. The van der Waals surface area contributed by atoms with Crippen LogP contribution in [-0.4, -0.2) is 17.1 Å². The molecule has 132 valence electrons. The number of hydrogen-bond donors (Lipinski definition) is 0. The van der Waals surface area contributed by atoms with Crippen LogP contribution in [-0.2, 0) is 6.54 Å². The Morgan fingerprint density at radius 3 is 2.81 bits per heavy atom. The van der Waals surface area contributed by atoms with Crippen LogP contribution in [0.3, 0.4) is 0 Å². The van der Waals surface area contributed by atoms with Crippen molar-refractivity contribution in [2.75, 3.05) is 6.61 Å². The Kier molecular flexibility index (Phi) is 5.24. The molecule has 0 fully saturated rings. The normalized spacial score (nSPS) is 11.5. The number of terminal acetylenes is 1. The molecule has 3 rings (SSSR count). The average Bonchev–Trinajstić information content (AvgIpc) is 2.94. The number of benzene rings is 2. The molecule has 0 saturated heterocycles. The van der Waals surface area contributed by atoms with Gasteiger partial charge in [0.2, 0.25) is 0 Å². The standard InChI is InChI=1S/C21H20N2O2S/c1-5-12-23-19-17(25-6-2)8-7-9-18(19)26-21(23)22-20(24)16-11-10-14(3)13-15(16)4/h1,7-11,13H,6,12H2,2-4H3. The topological polar surface area (TPSA) is 43.6 Å². The number of para-hydroxylation sites is 1. The van der Waals surface area contributed by atoms with E-state index in [1.54, 1.807) is 0 Å². The van der Waals surface area contributed by atoms with E-state index >= 15 is 0 Å². The molecule has 0 bridgehead atoms. The minimum absolute atomic E-state index is 0.266. The number of thiazole rings is 1. The van der Waals surface area contributed by atoms with Crippen molar-refractivity contribution >= 4 is 27.5 Å². The molecule has 4 nitrogen and oxygen atoms in total. The Bertz CT molecular complexity index is 1080. The predicted molar refractivity (Wildman–Crippen MR) is 106 cm³/mol. The van der Waals surface area contributed by atoms with Crippen molar-refractivity contribution in [2.45, 2.75) is 27.3 Å². The molecule has 2 aromatic carbocycles. The van der Waals surface area contributed by atoms with Gasteiger partial charge in [-0.1, -0.05) is 41.0 Å². The van der Waals surface area contributed by atoms with Gasteiger partial charge in [-0.25, -0.2) is 0 Å². The molecule has 0 radical (unpaired) electrons. The van der Waals surface area contributed by atoms with Crippen molar-refractivity contribution in [1.29, 1.82) is 0 Å². The minimum Gasteiger partial charge on any atom is -0.492 e. The molecule has 0 unspecified atom stereocenters. The van der Waals surface area contributed by atoms with Crippen molar-refractivity contribution < 1.29 is 9.53 Å². The molecule has 0 aliphatic carbocycles. The zero-order valence-corrected chi connectivity index (χ0v) is 15.9. The third-order valence-electron chi connectivity index (χ3n) is 4.02. The number of amides is 1. The fourth-order valence-corrected chi connectivity index (χ4v) is 3.94. The van der Waals surface area contributed by atoms with E-state index in [0.717, 1.165) is 27.1 Å². The molecule has 3 aromatic rings. The SMILES string of the molecule is C#CCn1c(=NC(=O)c2ccc(C)cc2C)sc2cccc(OCC)c21. The summed E-state index contributed by atoms with van der Waals surface area (Å²) < 4.78 is 8.58. The number of aromatic nitrogens is 1. The monoisotopic (exact) mass is 364 g/mol. The van der Waals surface area contributed by atoms with Crippen LogP contribution in [0, 0.1) is 26.2 Å². The second-order valence-corrected chi connectivity index (χ2v) is 6.96. The smallest absolute Gasteiger partial charge is 0.279 e. The largest absolute Gasteiger partial charge is 0.492 e. The van der Waals surface area contributed by atoms with Crippen LogP contribution in [0.25, 0.3) is 10.2 Å². The number of nitrogens with zero attached hydrogens (tertiary/aromatic N) is 2. The number of carbonyl (C=O) groups is 1. The summed E-state index contributed by atoms with van der Waals surface area (Å²) in [4.78, 5) is 17.7. The minimum atomic E-state index is -0.266. The van der Waals surface area contributed by atoms with E-state index in [1.807, 2.05) is 61.7 Å².